The lowest BCUT2D eigenvalue weighted by atomic mass is 10.1. The van der Waals surface area contributed by atoms with Gasteiger partial charge in [-0.15, -0.1) is 0 Å². The van der Waals surface area contributed by atoms with E-state index in [2.05, 4.69) is 20.3 Å². The largest absolute Gasteiger partial charge is 0.435 e. The Labute approximate surface area is 214 Å². The summed E-state index contributed by atoms with van der Waals surface area (Å²) in [5.41, 5.74) is 1.14. The lowest BCUT2D eigenvalue weighted by Crippen LogP contribution is -2.29. The van der Waals surface area contributed by atoms with Crippen molar-refractivity contribution >= 4 is 33.7 Å². The number of aromatic nitrogens is 5. The van der Waals surface area contributed by atoms with Crippen molar-refractivity contribution in [3.05, 3.63) is 113 Å². The number of benzene rings is 2. The number of amides is 1. The van der Waals surface area contributed by atoms with Crippen LogP contribution in [0.1, 0.15) is 10.4 Å². The smallest absolute Gasteiger partial charge is 0.269 e. The fourth-order valence-corrected chi connectivity index (χ4v) is 4.22. The molecule has 0 saturated heterocycles. The number of para-hydroxylation sites is 1. The Morgan fingerprint density at radius 3 is 2.61 bits per heavy atom. The van der Waals surface area contributed by atoms with Gasteiger partial charge in [-0.1, -0.05) is 18.2 Å². The number of hydrogen-bond donors (Lipinski definition) is 1. The highest BCUT2D eigenvalue weighted by Gasteiger charge is 2.19. The molecule has 2 aromatic carbocycles. The van der Waals surface area contributed by atoms with Crippen molar-refractivity contribution in [1.29, 1.82) is 0 Å². The van der Waals surface area contributed by atoms with Crippen LogP contribution < -0.4 is 15.6 Å². The lowest BCUT2D eigenvalue weighted by Gasteiger charge is -2.13. The Hall–Kier alpha value is -5.38. The normalized spacial score (nSPS) is 11.1. The number of aryl methyl sites for hydroxylation is 1. The third-order valence-corrected chi connectivity index (χ3v) is 6.04. The van der Waals surface area contributed by atoms with Gasteiger partial charge in [0.25, 0.3) is 11.5 Å². The molecule has 4 heterocycles. The van der Waals surface area contributed by atoms with E-state index in [1.165, 1.54) is 29.1 Å². The Morgan fingerprint density at radius 2 is 1.79 bits per heavy atom. The van der Waals surface area contributed by atoms with Crippen LogP contribution >= 0.6 is 0 Å². The van der Waals surface area contributed by atoms with E-state index in [0.717, 1.165) is 6.07 Å². The molecule has 1 N–H and O–H groups in total. The average Bonchev–Trinajstić information content (AvgIpc) is 3.32. The van der Waals surface area contributed by atoms with Crippen molar-refractivity contribution in [1.82, 2.24) is 24.1 Å². The first-order chi connectivity index (χ1) is 18.5. The molecule has 4 aromatic heterocycles. The fraction of sp³-hybridized carbons (Fsp3) is 0.0357. The van der Waals surface area contributed by atoms with Crippen LogP contribution in [-0.4, -0.2) is 30.0 Å². The summed E-state index contributed by atoms with van der Waals surface area (Å²) in [7, 11) is 1.83. The molecule has 0 aliphatic carbocycles. The molecule has 38 heavy (non-hydrogen) atoms. The second kappa shape index (κ2) is 9.25. The van der Waals surface area contributed by atoms with E-state index in [1.54, 1.807) is 59.4 Å². The van der Waals surface area contributed by atoms with Gasteiger partial charge in [0.2, 0.25) is 5.88 Å². The molecule has 9 nitrogen and oxygen atoms in total. The van der Waals surface area contributed by atoms with Gasteiger partial charge in [-0.3, -0.25) is 14.2 Å². The standard InChI is InChI=1S/C28H19FN6O3/c1-34-13-11-20-25(34)31-16-32-27(20)38-23-10-9-18(15-22(23)29)33-26(36)21-14-17-6-5-12-30-24(17)35(28(21)37)19-7-3-2-4-8-19/h2-16H,1H3,(H,33,36). The van der Waals surface area contributed by atoms with Crippen molar-refractivity contribution in [2.24, 2.45) is 7.05 Å². The van der Waals surface area contributed by atoms with E-state index in [4.69, 9.17) is 4.74 Å². The van der Waals surface area contributed by atoms with Gasteiger partial charge in [0.05, 0.1) is 11.1 Å². The molecule has 0 radical (unpaired) electrons. The number of pyridine rings is 2. The molecule has 0 unspecified atom stereocenters. The van der Waals surface area contributed by atoms with E-state index >= 15 is 0 Å². The number of rotatable bonds is 5. The molecule has 0 bridgehead atoms. The minimum Gasteiger partial charge on any atom is -0.435 e. The Morgan fingerprint density at radius 1 is 0.947 bits per heavy atom. The molecule has 0 fully saturated rings. The molecule has 0 atom stereocenters. The number of carbonyl (C=O) groups is 1. The number of anilines is 1. The van der Waals surface area contributed by atoms with Crippen LogP contribution in [0.25, 0.3) is 27.8 Å². The second-order valence-electron chi connectivity index (χ2n) is 8.49. The van der Waals surface area contributed by atoms with Gasteiger partial charge < -0.3 is 14.6 Å². The minimum absolute atomic E-state index is 0.0740. The predicted octanol–water partition coefficient (Wildman–Crippen LogP) is 4.85. The molecule has 0 aliphatic rings. The number of nitrogens with zero attached hydrogens (tertiary/aromatic N) is 5. The number of halogens is 1. The summed E-state index contributed by atoms with van der Waals surface area (Å²) in [6.45, 7) is 0. The fourth-order valence-electron chi connectivity index (χ4n) is 4.22. The highest BCUT2D eigenvalue weighted by Crippen LogP contribution is 2.30. The van der Waals surface area contributed by atoms with Gasteiger partial charge in [0.1, 0.15) is 23.2 Å². The third-order valence-electron chi connectivity index (χ3n) is 6.04. The van der Waals surface area contributed by atoms with Crippen LogP contribution in [0.3, 0.4) is 0 Å². The van der Waals surface area contributed by atoms with Gasteiger partial charge >= 0.3 is 0 Å². The van der Waals surface area contributed by atoms with Gasteiger partial charge in [-0.05, 0) is 48.5 Å². The van der Waals surface area contributed by atoms with E-state index in [-0.39, 0.29) is 22.9 Å². The van der Waals surface area contributed by atoms with E-state index in [1.807, 2.05) is 13.1 Å². The number of carbonyl (C=O) groups excluding carboxylic acids is 1. The van der Waals surface area contributed by atoms with Gasteiger partial charge in [0, 0.05) is 36.6 Å². The van der Waals surface area contributed by atoms with Gasteiger partial charge in [0.15, 0.2) is 11.6 Å². The SMILES string of the molecule is Cn1ccc2c(Oc3ccc(NC(=O)c4cc5cccnc5n(-c5ccccc5)c4=O)cc3F)ncnc21. The summed E-state index contributed by atoms with van der Waals surface area (Å²) >= 11 is 0. The summed E-state index contributed by atoms with van der Waals surface area (Å²) in [4.78, 5) is 39.2. The molecule has 0 aliphatic heterocycles. The first kappa shape index (κ1) is 23.0. The lowest BCUT2D eigenvalue weighted by molar-refractivity contribution is 0.102. The molecule has 186 valence electrons. The van der Waals surface area contributed by atoms with E-state index in [9.17, 15) is 14.0 Å². The van der Waals surface area contributed by atoms with Crippen LogP contribution in [0.15, 0.2) is 96.3 Å². The quantitative estimate of drug-likeness (QED) is 0.359. The van der Waals surface area contributed by atoms with Crippen LogP contribution in [0.5, 0.6) is 11.6 Å². The van der Waals surface area contributed by atoms with E-state index < -0.39 is 17.3 Å². The van der Waals surface area contributed by atoms with Crippen LogP contribution in [0.4, 0.5) is 10.1 Å². The summed E-state index contributed by atoms with van der Waals surface area (Å²) in [6.07, 6.45) is 4.72. The minimum atomic E-state index is -0.713. The number of ether oxygens (including phenoxy) is 1. The summed E-state index contributed by atoms with van der Waals surface area (Å²) in [5, 5.41) is 3.85. The highest BCUT2D eigenvalue weighted by molar-refractivity contribution is 6.05. The van der Waals surface area contributed by atoms with Crippen molar-refractivity contribution < 1.29 is 13.9 Å². The number of hydrogen-bond acceptors (Lipinski definition) is 6. The maximum absolute atomic E-state index is 15.0. The topological polar surface area (TPSA) is 104 Å². The maximum Gasteiger partial charge on any atom is 0.269 e. The highest BCUT2D eigenvalue weighted by atomic mass is 19.1. The van der Waals surface area contributed by atoms with Crippen molar-refractivity contribution in [3.8, 4) is 17.3 Å². The third kappa shape index (κ3) is 4.03. The van der Waals surface area contributed by atoms with Gasteiger partial charge in [-0.25, -0.2) is 19.3 Å². The molecule has 6 aromatic rings. The summed E-state index contributed by atoms with van der Waals surface area (Å²) in [5.74, 6) is -1.26. The maximum atomic E-state index is 15.0. The first-order valence-electron chi connectivity index (χ1n) is 11.6. The Bertz CT molecular complexity index is 1900. The number of nitrogens with one attached hydrogen (secondary N) is 1. The van der Waals surface area contributed by atoms with E-state index in [0.29, 0.717) is 27.8 Å². The van der Waals surface area contributed by atoms with Crippen LogP contribution in [-0.2, 0) is 7.05 Å². The first-order valence-corrected chi connectivity index (χ1v) is 11.6. The van der Waals surface area contributed by atoms with Crippen molar-refractivity contribution in [2.75, 3.05) is 5.32 Å². The Balaban J connectivity index is 1.31. The predicted molar refractivity (Wildman–Crippen MR) is 140 cm³/mol. The molecule has 10 heteroatoms. The Kier molecular flexibility index (Phi) is 5.61. The number of fused-ring (bicyclic) bond motifs is 2. The summed E-state index contributed by atoms with van der Waals surface area (Å²) < 4.78 is 23.8. The zero-order chi connectivity index (χ0) is 26.2. The summed E-state index contributed by atoms with van der Waals surface area (Å²) in [6, 6.07) is 19.7. The van der Waals surface area contributed by atoms with Crippen molar-refractivity contribution in [2.45, 2.75) is 0 Å². The monoisotopic (exact) mass is 506 g/mol. The zero-order valence-electron chi connectivity index (χ0n) is 20.0. The molecule has 0 saturated carbocycles. The van der Waals surface area contributed by atoms with Crippen LogP contribution in [0.2, 0.25) is 0 Å². The zero-order valence-corrected chi connectivity index (χ0v) is 20.0. The second-order valence-corrected chi connectivity index (χ2v) is 8.49. The van der Waals surface area contributed by atoms with Gasteiger partial charge in [-0.2, -0.15) is 0 Å². The average molecular weight is 506 g/mol. The molecule has 1 amide bonds. The molecular weight excluding hydrogens is 487 g/mol. The molecule has 6 rings (SSSR count). The van der Waals surface area contributed by atoms with Crippen LogP contribution in [0, 0.1) is 5.82 Å². The van der Waals surface area contributed by atoms with Crippen molar-refractivity contribution in [3.63, 3.8) is 0 Å². The molecular formula is C28H19FN6O3. The molecule has 0 spiro atoms.